The van der Waals surface area contributed by atoms with E-state index in [4.69, 9.17) is 0 Å². The van der Waals surface area contributed by atoms with Crippen molar-refractivity contribution in [2.75, 3.05) is 0 Å². The minimum atomic E-state index is -0.351. The van der Waals surface area contributed by atoms with Crippen LogP contribution >= 0.6 is 0 Å². The first kappa shape index (κ1) is 19.1. The molecule has 2 aromatic carbocycles. The number of rotatable bonds is 5. The molecular weight excluding hydrogens is 387 g/mol. The molecule has 10 heteroatoms. The summed E-state index contributed by atoms with van der Waals surface area (Å²) in [7, 11) is 0. The Balaban J connectivity index is 1.46. The average molecular weight is 404 g/mol. The van der Waals surface area contributed by atoms with E-state index in [1.165, 1.54) is 23.1 Å². The Bertz CT molecular complexity index is 1200. The molecule has 0 radical (unpaired) electrons. The highest BCUT2D eigenvalue weighted by Gasteiger charge is 2.12. The highest BCUT2D eigenvalue weighted by atomic mass is 19.1. The first-order chi connectivity index (χ1) is 14.5. The Morgan fingerprint density at radius 3 is 2.43 bits per heavy atom. The zero-order chi connectivity index (χ0) is 21.1. The van der Waals surface area contributed by atoms with Crippen molar-refractivity contribution < 1.29 is 9.18 Å². The number of hydrogen-bond donors (Lipinski definition) is 1. The molecule has 0 aliphatic carbocycles. The molecule has 0 aliphatic heterocycles. The van der Waals surface area contributed by atoms with Crippen LogP contribution in [0.4, 0.5) is 4.39 Å². The van der Waals surface area contributed by atoms with Crippen LogP contribution in [-0.4, -0.2) is 42.1 Å². The summed E-state index contributed by atoms with van der Waals surface area (Å²) < 4.78 is 16.4. The molecule has 1 N–H and O–H groups in total. The number of hydrazone groups is 1. The molecule has 150 valence electrons. The van der Waals surface area contributed by atoms with Crippen molar-refractivity contribution in [2.45, 2.75) is 13.8 Å². The monoisotopic (exact) mass is 404 g/mol. The van der Waals surface area contributed by atoms with E-state index in [-0.39, 0.29) is 11.7 Å². The predicted octanol–water partition coefficient (Wildman–Crippen LogP) is 2.37. The van der Waals surface area contributed by atoms with Crippen LogP contribution in [0.3, 0.4) is 0 Å². The largest absolute Gasteiger partial charge is 0.271 e. The lowest BCUT2D eigenvalue weighted by atomic mass is 10.2. The Morgan fingerprint density at radius 2 is 1.77 bits per heavy atom. The maximum Gasteiger partial charge on any atom is 0.271 e. The number of hydrogen-bond acceptors (Lipinski definition) is 6. The normalized spacial score (nSPS) is 11.2. The molecule has 4 aromatic rings. The molecule has 0 aliphatic rings. The van der Waals surface area contributed by atoms with Crippen molar-refractivity contribution in [1.29, 1.82) is 0 Å². The number of nitrogens with zero attached hydrogens (tertiary/aromatic N) is 7. The van der Waals surface area contributed by atoms with Crippen molar-refractivity contribution >= 4 is 12.1 Å². The summed E-state index contributed by atoms with van der Waals surface area (Å²) in [6, 6.07) is 12.8. The van der Waals surface area contributed by atoms with E-state index in [1.807, 2.05) is 13.8 Å². The van der Waals surface area contributed by atoms with Gasteiger partial charge < -0.3 is 0 Å². The van der Waals surface area contributed by atoms with Crippen LogP contribution in [0.1, 0.15) is 27.3 Å². The van der Waals surface area contributed by atoms with E-state index in [1.54, 1.807) is 47.3 Å². The van der Waals surface area contributed by atoms with Gasteiger partial charge in [-0.2, -0.15) is 10.2 Å². The van der Waals surface area contributed by atoms with Crippen molar-refractivity contribution in [1.82, 2.24) is 35.4 Å². The van der Waals surface area contributed by atoms with Gasteiger partial charge in [0.15, 0.2) is 0 Å². The van der Waals surface area contributed by atoms with Gasteiger partial charge in [-0.3, -0.25) is 4.79 Å². The van der Waals surface area contributed by atoms with Gasteiger partial charge in [-0.05, 0) is 72.8 Å². The molecule has 9 nitrogen and oxygen atoms in total. The number of carbonyl (C=O) groups excluding carboxylic acids is 1. The van der Waals surface area contributed by atoms with Gasteiger partial charge in [0.2, 0.25) is 0 Å². The smallest absolute Gasteiger partial charge is 0.267 e. The van der Waals surface area contributed by atoms with Crippen LogP contribution in [0, 0.1) is 19.7 Å². The molecule has 0 bridgehead atoms. The van der Waals surface area contributed by atoms with E-state index < -0.39 is 0 Å². The van der Waals surface area contributed by atoms with Gasteiger partial charge in [0.25, 0.3) is 5.91 Å². The molecule has 0 atom stereocenters. The second-order valence-corrected chi connectivity index (χ2v) is 6.47. The van der Waals surface area contributed by atoms with E-state index in [9.17, 15) is 9.18 Å². The van der Waals surface area contributed by atoms with Crippen LogP contribution < -0.4 is 5.43 Å². The fraction of sp³-hybridized carbons (Fsp3) is 0.100. The molecular formula is C20H17FN8O. The number of benzene rings is 2. The molecule has 4 rings (SSSR count). The summed E-state index contributed by atoms with van der Waals surface area (Å²) in [4.78, 5) is 12.3. The minimum absolute atomic E-state index is 0.309. The number of halogens is 1. The van der Waals surface area contributed by atoms with Crippen molar-refractivity contribution in [3.63, 3.8) is 0 Å². The summed E-state index contributed by atoms with van der Waals surface area (Å²) in [5.74, 6) is -0.661. The lowest BCUT2D eigenvalue weighted by Gasteiger charge is -2.04. The number of aromatic nitrogens is 6. The quantitative estimate of drug-likeness (QED) is 0.406. The molecule has 0 saturated carbocycles. The molecule has 1 amide bonds. The van der Waals surface area contributed by atoms with E-state index >= 15 is 0 Å². The third kappa shape index (κ3) is 3.83. The Labute approximate surface area is 170 Å². The first-order valence-corrected chi connectivity index (χ1v) is 9.02. The van der Waals surface area contributed by atoms with Crippen LogP contribution in [0.15, 0.2) is 60.0 Å². The first-order valence-electron chi connectivity index (χ1n) is 9.02. The molecule has 0 unspecified atom stereocenters. The van der Waals surface area contributed by atoms with Crippen molar-refractivity contribution in [3.05, 3.63) is 83.2 Å². The summed E-state index contributed by atoms with van der Waals surface area (Å²) in [5.41, 5.74) is 6.76. The van der Waals surface area contributed by atoms with Gasteiger partial charge >= 0.3 is 0 Å². The second-order valence-electron chi connectivity index (χ2n) is 6.47. The maximum absolute atomic E-state index is 13.2. The third-order valence-electron chi connectivity index (χ3n) is 4.52. The van der Waals surface area contributed by atoms with Crippen LogP contribution in [0.25, 0.3) is 11.4 Å². The molecule has 2 aromatic heterocycles. The van der Waals surface area contributed by atoms with Crippen molar-refractivity contribution in [2.24, 2.45) is 5.10 Å². The Kier molecular flexibility index (Phi) is 5.12. The van der Waals surface area contributed by atoms with E-state index in [2.05, 4.69) is 31.2 Å². The molecule has 30 heavy (non-hydrogen) atoms. The zero-order valence-corrected chi connectivity index (χ0v) is 16.2. The summed E-state index contributed by atoms with van der Waals surface area (Å²) in [6.07, 6.45) is 3.02. The van der Waals surface area contributed by atoms with E-state index in [0.29, 0.717) is 5.56 Å². The standard InChI is InChI=1S/C20H17FN8O/c1-13-19(14(2)29(25-13)18-9-5-16(21)6-10-18)11-22-24-20(30)15-3-7-17(8-4-15)28-12-23-26-27-28/h3-12H,1-2H3,(H,24,30)/b22-11-. The van der Waals surface area contributed by atoms with Gasteiger partial charge in [-0.25, -0.2) is 19.2 Å². The van der Waals surface area contributed by atoms with Crippen LogP contribution in [0.2, 0.25) is 0 Å². The van der Waals surface area contributed by atoms with Crippen molar-refractivity contribution in [3.8, 4) is 11.4 Å². The lowest BCUT2D eigenvalue weighted by molar-refractivity contribution is 0.0955. The molecule has 2 heterocycles. The summed E-state index contributed by atoms with van der Waals surface area (Å²) in [6.45, 7) is 3.72. The van der Waals surface area contributed by atoms with Gasteiger partial charge in [0, 0.05) is 11.1 Å². The highest BCUT2D eigenvalue weighted by molar-refractivity contribution is 5.95. The number of aryl methyl sites for hydroxylation is 1. The van der Waals surface area contributed by atoms with Gasteiger partial charge in [-0.1, -0.05) is 0 Å². The van der Waals surface area contributed by atoms with Crippen LogP contribution in [0.5, 0.6) is 0 Å². The van der Waals surface area contributed by atoms with Gasteiger partial charge in [-0.15, -0.1) is 5.10 Å². The third-order valence-corrected chi connectivity index (χ3v) is 4.52. The maximum atomic E-state index is 13.2. The Morgan fingerprint density at radius 1 is 1.07 bits per heavy atom. The summed E-state index contributed by atoms with van der Waals surface area (Å²) >= 11 is 0. The number of tetrazole rings is 1. The minimum Gasteiger partial charge on any atom is -0.267 e. The SMILES string of the molecule is Cc1nn(-c2ccc(F)cc2)c(C)c1/C=N\NC(=O)c1ccc(-n2cnnn2)cc1. The number of carbonyl (C=O) groups is 1. The molecule has 0 fully saturated rings. The van der Waals surface area contributed by atoms with Crippen LogP contribution in [-0.2, 0) is 0 Å². The highest BCUT2D eigenvalue weighted by Crippen LogP contribution is 2.17. The topological polar surface area (TPSA) is 103 Å². The Hall–Kier alpha value is -4.21. The van der Waals surface area contributed by atoms with Gasteiger partial charge in [0.1, 0.15) is 12.1 Å². The number of nitrogens with one attached hydrogen (secondary N) is 1. The second kappa shape index (κ2) is 8.03. The lowest BCUT2D eigenvalue weighted by Crippen LogP contribution is -2.17. The fourth-order valence-electron chi connectivity index (χ4n) is 2.94. The van der Waals surface area contributed by atoms with E-state index in [0.717, 1.165) is 28.3 Å². The summed E-state index contributed by atoms with van der Waals surface area (Å²) in [5, 5.41) is 19.5. The zero-order valence-electron chi connectivity index (χ0n) is 16.2. The number of amides is 1. The molecule has 0 saturated heterocycles. The molecule has 0 spiro atoms. The fourth-order valence-corrected chi connectivity index (χ4v) is 2.94. The average Bonchev–Trinajstić information content (AvgIpc) is 3.38. The predicted molar refractivity (Wildman–Crippen MR) is 107 cm³/mol. The van der Waals surface area contributed by atoms with Gasteiger partial charge in [0.05, 0.1) is 29.0 Å².